The first-order chi connectivity index (χ1) is 10.8. The molecular weight excluding hydrogens is 274 g/mol. The quantitative estimate of drug-likeness (QED) is 0.627. The Hall–Kier alpha value is -0.770. The molecular formula is C18H33N3O. The summed E-state index contributed by atoms with van der Waals surface area (Å²) in [4.78, 5) is 7.09. The highest BCUT2D eigenvalue weighted by atomic mass is 16.5. The van der Waals surface area contributed by atoms with Crippen molar-refractivity contribution in [1.82, 2.24) is 10.2 Å². The third-order valence-corrected chi connectivity index (χ3v) is 6.36. The van der Waals surface area contributed by atoms with Crippen LogP contribution in [0.2, 0.25) is 0 Å². The number of nitrogens with zero attached hydrogens (tertiary/aromatic N) is 2. The van der Waals surface area contributed by atoms with Gasteiger partial charge in [-0.3, -0.25) is 4.99 Å². The van der Waals surface area contributed by atoms with Gasteiger partial charge in [0.1, 0.15) is 0 Å². The van der Waals surface area contributed by atoms with Crippen molar-refractivity contribution in [2.24, 2.45) is 22.2 Å². The third kappa shape index (κ3) is 3.42. The van der Waals surface area contributed by atoms with Gasteiger partial charge in [0.15, 0.2) is 5.96 Å². The fourth-order valence-electron chi connectivity index (χ4n) is 4.69. The molecule has 1 heterocycles. The van der Waals surface area contributed by atoms with Gasteiger partial charge < -0.3 is 15.0 Å². The van der Waals surface area contributed by atoms with Crippen LogP contribution in [-0.4, -0.2) is 51.3 Å². The summed E-state index contributed by atoms with van der Waals surface area (Å²) in [5.41, 5.74) is 0.457. The minimum absolute atomic E-state index is 0.457. The molecule has 0 aromatic heterocycles. The molecule has 2 saturated carbocycles. The lowest BCUT2D eigenvalue weighted by Crippen LogP contribution is -2.48. The average molecular weight is 307 g/mol. The van der Waals surface area contributed by atoms with Gasteiger partial charge in [-0.05, 0) is 49.4 Å². The standard InChI is InChI=1S/C18H33N3O/c1-19-17(20-14-18(8-5-9-18)10-11-22-2)21-12-15-6-3-4-7-16(15)13-21/h15-16H,3-14H2,1-2H3,(H,19,20). The van der Waals surface area contributed by atoms with E-state index in [1.807, 2.05) is 14.2 Å². The van der Waals surface area contributed by atoms with Gasteiger partial charge in [-0.25, -0.2) is 0 Å². The molecule has 0 aromatic carbocycles. The zero-order valence-electron chi connectivity index (χ0n) is 14.4. The second-order valence-electron chi connectivity index (χ2n) is 7.71. The molecule has 2 atom stereocenters. The van der Waals surface area contributed by atoms with E-state index in [2.05, 4.69) is 15.2 Å². The first-order valence-corrected chi connectivity index (χ1v) is 9.21. The van der Waals surface area contributed by atoms with Crippen molar-refractivity contribution in [3.05, 3.63) is 0 Å². The average Bonchev–Trinajstić information content (AvgIpc) is 2.93. The van der Waals surface area contributed by atoms with Crippen LogP contribution in [0.15, 0.2) is 4.99 Å². The van der Waals surface area contributed by atoms with Gasteiger partial charge in [0.2, 0.25) is 0 Å². The van der Waals surface area contributed by atoms with Crippen molar-refractivity contribution < 1.29 is 4.74 Å². The van der Waals surface area contributed by atoms with Gasteiger partial charge in [-0.1, -0.05) is 19.3 Å². The molecule has 1 aliphatic heterocycles. The second kappa shape index (κ2) is 7.20. The van der Waals surface area contributed by atoms with Gasteiger partial charge in [-0.15, -0.1) is 0 Å². The third-order valence-electron chi connectivity index (χ3n) is 6.36. The minimum atomic E-state index is 0.457. The van der Waals surface area contributed by atoms with Crippen LogP contribution < -0.4 is 5.32 Å². The van der Waals surface area contributed by atoms with Gasteiger partial charge in [0, 0.05) is 40.4 Å². The van der Waals surface area contributed by atoms with E-state index in [1.54, 1.807) is 0 Å². The largest absolute Gasteiger partial charge is 0.385 e. The van der Waals surface area contributed by atoms with Gasteiger partial charge >= 0.3 is 0 Å². The number of hydrogen-bond donors (Lipinski definition) is 1. The highest BCUT2D eigenvalue weighted by molar-refractivity contribution is 5.80. The van der Waals surface area contributed by atoms with Gasteiger partial charge in [0.25, 0.3) is 0 Å². The summed E-state index contributed by atoms with van der Waals surface area (Å²) in [5, 5.41) is 3.69. The van der Waals surface area contributed by atoms with Crippen LogP contribution in [0.4, 0.5) is 0 Å². The molecule has 0 aromatic rings. The van der Waals surface area contributed by atoms with E-state index in [0.29, 0.717) is 5.41 Å². The SMILES string of the molecule is CN=C(NCC1(CCOC)CCC1)N1CC2CCCCC2C1. The van der Waals surface area contributed by atoms with E-state index in [9.17, 15) is 0 Å². The first kappa shape index (κ1) is 16.1. The number of aliphatic imine (C=N–C) groups is 1. The molecule has 2 unspecified atom stereocenters. The van der Waals surface area contributed by atoms with E-state index >= 15 is 0 Å². The molecule has 3 fully saturated rings. The molecule has 126 valence electrons. The van der Waals surface area contributed by atoms with Crippen molar-refractivity contribution in [2.75, 3.05) is 40.4 Å². The summed E-state index contributed by atoms with van der Waals surface area (Å²) in [7, 11) is 3.75. The lowest BCUT2D eigenvalue weighted by Gasteiger charge is -2.42. The van der Waals surface area contributed by atoms with Crippen molar-refractivity contribution in [3.8, 4) is 0 Å². The monoisotopic (exact) mass is 307 g/mol. The van der Waals surface area contributed by atoms with Crippen LogP contribution in [0.3, 0.4) is 0 Å². The number of guanidine groups is 1. The van der Waals surface area contributed by atoms with Crippen LogP contribution >= 0.6 is 0 Å². The number of rotatable bonds is 5. The second-order valence-corrected chi connectivity index (χ2v) is 7.71. The van der Waals surface area contributed by atoms with Crippen LogP contribution in [0.25, 0.3) is 0 Å². The Bertz CT molecular complexity index is 378. The highest BCUT2D eigenvalue weighted by Gasteiger charge is 2.38. The molecule has 4 heteroatoms. The Kier molecular flexibility index (Phi) is 5.27. The first-order valence-electron chi connectivity index (χ1n) is 9.21. The summed E-state index contributed by atoms with van der Waals surface area (Å²) >= 11 is 0. The normalized spacial score (nSPS) is 30.8. The number of fused-ring (bicyclic) bond motifs is 1. The maximum atomic E-state index is 5.30. The topological polar surface area (TPSA) is 36.9 Å². The zero-order chi connectivity index (χ0) is 15.4. The lowest BCUT2D eigenvalue weighted by molar-refractivity contribution is 0.0727. The summed E-state index contributed by atoms with van der Waals surface area (Å²) in [6, 6.07) is 0. The number of hydrogen-bond acceptors (Lipinski definition) is 2. The van der Waals surface area contributed by atoms with Crippen LogP contribution in [-0.2, 0) is 4.74 Å². The number of likely N-dealkylation sites (tertiary alicyclic amines) is 1. The fourth-order valence-corrected chi connectivity index (χ4v) is 4.69. The number of ether oxygens (including phenoxy) is 1. The summed E-state index contributed by atoms with van der Waals surface area (Å²) < 4.78 is 5.30. The smallest absolute Gasteiger partial charge is 0.193 e. The molecule has 4 nitrogen and oxygen atoms in total. The Morgan fingerprint density at radius 2 is 1.86 bits per heavy atom. The highest BCUT2D eigenvalue weighted by Crippen LogP contribution is 2.43. The van der Waals surface area contributed by atoms with E-state index in [-0.39, 0.29) is 0 Å². The summed E-state index contributed by atoms with van der Waals surface area (Å²) in [6.07, 6.45) is 10.9. The van der Waals surface area contributed by atoms with E-state index < -0.39 is 0 Å². The molecule has 1 N–H and O–H groups in total. The van der Waals surface area contributed by atoms with Crippen molar-refractivity contribution >= 4 is 5.96 Å². The number of nitrogens with one attached hydrogen (secondary N) is 1. The van der Waals surface area contributed by atoms with Crippen LogP contribution in [0, 0.1) is 17.3 Å². The maximum absolute atomic E-state index is 5.30. The molecule has 0 bridgehead atoms. The zero-order valence-corrected chi connectivity index (χ0v) is 14.4. The molecule has 0 amide bonds. The Labute approximate surface area is 135 Å². The van der Waals surface area contributed by atoms with Crippen molar-refractivity contribution in [3.63, 3.8) is 0 Å². The molecule has 3 rings (SSSR count). The molecule has 22 heavy (non-hydrogen) atoms. The summed E-state index contributed by atoms with van der Waals surface area (Å²) in [5.74, 6) is 2.97. The molecule has 0 spiro atoms. The number of methoxy groups -OCH3 is 1. The Morgan fingerprint density at radius 3 is 2.36 bits per heavy atom. The minimum Gasteiger partial charge on any atom is -0.385 e. The van der Waals surface area contributed by atoms with Gasteiger partial charge in [0.05, 0.1) is 0 Å². The van der Waals surface area contributed by atoms with E-state index in [0.717, 1.165) is 30.9 Å². The molecule has 2 aliphatic carbocycles. The van der Waals surface area contributed by atoms with E-state index in [4.69, 9.17) is 4.74 Å². The van der Waals surface area contributed by atoms with Crippen molar-refractivity contribution in [1.29, 1.82) is 0 Å². The lowest BCUT2D eigenvalue weighted by atomic mass is 9.67. The predicted octanol–water partition coefficient (Wildman–Crippen LogP) is 2.89. The molecule has 0 radical (unpaired) electrons. The molecule has 3 aliphatic rings. The molecule has 1 saturated heterocycles. The van der Waals surface area contributed by atoms with Crippen LogP contribution in [0.5, 0.6) is 0 Å². The fraction of sp³-hybridized carbons (Fsp3) is 0.944. The van der Waals surface area contributed by atoms with Crippen LogP contribution in [0.1, 0.15) is 51.4 Å². The summed E-state index contributed by atoms with van der Waals surface area (Å²) in [6.45, 7) is 4.38. The van der Waals surface area contributed by atoms with Gasteiger partial charge in [-0.2, -0.15) is 0 Å². The van der Waals surface area contributed by atoms with E-state index in [1.165, 1.54) is 64.5 Å². The maximum Gasteiger partial charge on any atom is 0.193 e. The predicted molar refractivity (Wildman–Crippen MR) is 91.2 cm³/mol. The Morgan fingerprint density at radius 1 is 1.18 bits per heavy atom. The van der Waals surface area contributed by atoms with Crippen molar-refractivity contribution in [2.45, 2.75) is 51.4 Å². The Balaban J connectivity index is 1.52.